The van der Waals surface area contributed by atoms with Gasteiger partial charge in [0, 0.05) is 6.42 Å². The number of hydrogen-bond donors (Lipinski definition) is 0. The fraction of sp³-hybridized carbons (Fsp3) is 0.571. The van der Waals surface area contributed by atoms with Crippen LogP contribution in [0, 0.1) is 0 Å². The van der Waals surface area contributed by atoms with Crippen molar-refractivity contribution >= 4 is 0 Å². The second-order valence-corrected chi connectivity index (χ2v) is 2.50. The Morgan fingerprint density at radius 1 is 1.55 bits per heavy atom. The summed E-state index contributed by atoms with van der Waals surface area (Å²) in [7, 11) is 1.86. The first-order valence-corrected chi connectivity index (χ1v) is 3.47. The highest BCUT2D eigenvalue weighted by atomic mass is 19.3. The number of rotatable bonds is 3. The molecular formula is C7H11F2N2+. The average Bonchev–Trinajstić information content (AvgIpc) is 2.31. The molecule has 0 atom stereocenters. The summed E-state index contributed by atoms with van der Waals surface area (Å²) in [5.74, 6) is 0. The SMILES string of the molecule is C[n+]1ccn(CCC(F)F)c1. The Bertz CT molecular complexity index is 220. The van der Waals surface area contributed by atoms with Gasteiger partial charge in [0.05, 0.1) is 13.6 Å². The summed E-state index contributed by atoms with van der Waals surface area (Å²) in [6, 6.07) is 0. The number of hydrogen-bond acceptors (Lipinski definition) is 0. The van der Waals surface area contributed by atoms with Gasteiger partial charge >= 0.3 is 0 Å². The van der Waals surface area contributed by atoms with Crippen LogP contribution in [0.3, 0.4) is 0 Å². The first kappa shape index (κ1) is 8.17. The zero-order valence-corrected chi connectivity index (χ0v) is 6.37. The Morgan fingerprint density at radius 3 is 2.73 bits per heavy atom. The van der Waals surface area contributed by atoms with Crippen LogP contribution >= 0.6 is 0 Å². The molecule has 11 heavy (non-hydrogen) atoms. The molecule has 1 aromatic rings. The lowest BCUT2D eigenvalue weighted by Crippen LogP contribution is -2.23. The summed E-state index contributed by atoms with van der Waals surface area (Å²) >= 11 is 0. The molecule has 0 spiro atoms. The summed E-state index contributed by atoms with van der Waals surface area (Å²) in [4.78, 5) is 0. The highest BCUT2D eigenvalue weighted by Gasteiger charge is 2.05. The maximum atomic E-state index is 11.7. The lowest BCUT2D eigenvalue weighted by Gasteiger charge is -1.94. The van der Waals surface area contributed by atoms with E-state index in [1.807, 2.05) is 17.8 Å². The van der Waals surface area contributed by atoms with Crippen molar-refractivity contribution in [2.24, 2.45) is 7.05 Å². The standard InChI is InChI=1S/C7H11F2N2/c1-10-4-5-11(6-10)3-2-7(8)9/h4-7H,2-3H2,1H3/q+1. The molecule has 0 radical (unpaired) electrons. The molecule has 2 nitrogen and oxygen atoms in total. The quantitative estimate of drug-likeness (QED) is 0.584. The van der Waals surface area contributed by atoms with Crippen LogP contribution in [-0.4, -0.2) is 11.0 Å². The smallest absolute Gasteiger partial charge is 0.240 e. The molecule has 0 bridgehead atoms. The van der Waals surface area contributed by atoms with E-state index in [0.717, 1.165) is 0 Å². The second-order valence-electron chi connectivity index (χ2n) is 2.50. The van der Waals surface area contributed by atoms with Crippen molar-refractivity contribution in [1.29, 1.82) is 0 Å². The molecule has 0 amide bonds. The van der Waals surface area contributed by atoms with Crippen molar-refractivity contribution < 1.29 is 13.3 Å². The number of halogens is 2. The summed E-state index contributed by atoms with van der Waals surface area (Å²) in [6.07, 6.45) is 3.10. The molecule has 0 aliphatic rings. The van der Waals surface area contributed by atoms with Gasteiger partial charge in [-0.1, -0.05) is 0 Å². The largest absolute Gasteiger partial charge is 0.243 e. The molecule has 0 saturated carbocycles. The maximum Gasteiger partial charge on any atom is 0.243 e. The van der Waals surface area contributed by atoms with Crippen LogP contribution in [0.25, 0.3) is 0 Å². The van der Waals surface area contributed by atoms with E-state index in [1.54, 1.807) is 17.1 Å². The molecule has 0 aromatic carbocycles. The predicted molar refractivity (Wildman–Crippen MR) is 36.2 cm³/mol. The lowest BCUT2D eigenvalue weighted by molar-refractivity contribution is -0.671. The summed E-state index contributed by atoms with van der Waals surface area (Å²) < 4.78 is 27.0. The highest BCUT2D eigenvalue weighted by molar-refractivity contribution is 4.65. The van der Waals surface area contributed by atoms with Gasteiger partial charge in [0.1, 0.15) is 12.4 Å². The molecule has 0 unspecified atom stereocenters. The van der Waals surface area contributed by atoms with E-state index in [0.29, 0.717) is 6.54 Å². The van der Waals surface area contributed by atoms with E-state index >= 15 is 0 Å². The van der Waals surface area contributed by atoms with Crippen LogP contribution in [0.2, 0.25) is 0 Å². The molecule has 0 N–H and O–H groups in total. The van der Waals surface area contributed by atoms with Crippen LogP contribution in [-0.2, 0) is 13.6 Å². The van der Waals surface area contributed by atoms with Gasteiger partial charge in [-0.25, -0.2) is 17.9 Å². The Labute approximate surface area is 64.1 Å². The van der Waals surface area contributed by atoms with Crippen molar-refractivity contribution in [3.8, 4) is 0 Å². The third kappa shape index (κ3) is 2.65. The molecule has 62 valence electrons. The normalized spacial score (nSPS) is 10.9. The molecule has 0 aliphatic carbocycles. The minimum atomic E-state index is -2.21. The molecule has 0 fully saturated rings. The molecule has 1 aromatic heterocycles. The number of alkyl halides is 2. The summed E-state index contributed by atoms with van der Waals surface area (Å²) in [5, 5.41) is 0. The Kier molecular flexibility index (Phi) is 2.57. The van der Waals surface area contributed by atoms with Crippen molar-refractivity contribution in [1.82, 2.24) is 4.57 Å². The van der Waals surface area contributed by atoms with E-state index < -0.39 is 6.43 Å². The van der Waals surface area contributed by atoms with Gasteiger partial charge in [0.15, 0.2) is 0 Å². The number of imidazole rings is 1. The van der Waals surface area contributed by atoms with Gasteiger partial charge < -0.3 is 0 Å². The van der Waals surface area contributed by atoms with Crippen LogP contribution in [0.1, 0.15) is 6.42 Å². The number of aromatic nitrogens is 2. The van der Waals surface area contributed by atoms with Crippen molar-refractivity contribution in [3.63, 3.8) is 0 Å². The van der Waals surface area contributed by atoms with Crippen molar-refractivity contribution in [2.75, 3.05) is 0 Å². The second kappa shape index (κ2) is 3.46. The fourth-order valence-corrected chi connectivity index (χ4v) is 0.881. The average molecular weight is 161 g/mol. The van der Waals surface area contributed by atoms with Gasteiger partial charge in [-0.15, -0.1) is 0 Å². The molecule has 0 saturated heterocycles. The van der Waals surface area contributed by atoms with E-state index in [9.17, 15) is 8.78 Å². The number of aryl methyl sites for hydroxylation is 2. The van der Waals surface area contributed by atoms with E-state index in [2.05, 4.69) is 0 Å². The van der Waals surface area contributed by atoms with E-state index in [4.69, 9.17) is 0 Å². The maximum absolute atomic E-state index is 11.7. The van der Waals surface area contributed by atoms with Gasteiger partial charge in [-0.2, -0.15) is 0 Å². The highest BCUT2D eigenvalue weighted by Crippen LogP contribution is 2.00. The number of nitrogens with zero attached hydrogens (tertiary/aromatic N) is 2. The Hall–Kier alpha value is -0.930. The molecule has 1 heterocycles. The van der Waals surface area contributed by atoms with Crippen LogP contribution in [0.5, 0.6) is 0 Å². The zero-order valence-electron chi connectivity index (χ0n) is 6.37. The molecule has 4 heteroatoms. The minimum absolute atomic E-state index is 0.0747. The summed E-state index contributed by atoms with van der Waals surface area (Å²) in [6.45, 7) is 0.387. The summed E-state index contributed by atoms with van der Waals surface area (Å²) in [5.41, 5.74) is 0. The zero-order chi connectivity index (χ0) is 8.27. The third-order valence-electron chi connectivity index (χ3n) is 1.43. The Morgan fingerprint density at radius 2 is 2.27 bits per heavy atom. The Balaban J connectivity index is 2.39. The lowest BCUT2D eigenvalue weighted by atomic mass is 10.4. The molecule has 1 rings (SSSR count). The van der Waals surface area contributed by atoms with Gasteiger partial charge in [0.2, 0.25) is 12.8 Å². The van der Waals surface area contributed by atoms with E-state index in [-0.39, 0.29) is 6.42 Å². The van der Waals surface area contributed by atoms with Crippen molar-refractivity contribution in [2.45, 2.75) is 19.4 Å². The first-order valence-electron chi connectivity index (χ1n) is 3.47. The first-order chi connectivity index (χ1) is 5.18. The van der Waals surface area contributed by atoms with Gasteiger partial charge in [-0.3, -0.25) is 0 Å². The molecule has 0 aliphatic heterocycles. The van der Waals surface area contributed by atoms with Crippen LogP contribution in [0.4, 0.5) is 8.78 Å². The third-order valence-corrected chi connectivity index (χ3v) is 1.43. The monoisotopic (exact) mass is 161 g/mol. The van der Waals surface area contributed by atoms with Gasteiger partial charge in [0.25, 0.3) is 0 Å². The van der Waals surface area contributed by atoms with Crippen LogP contribution in [0.15, 0.2) is 18.7 Å². The molecular weight excluding hydrogens is 150 g/mol. The predicted octanol–water partition coefficient (Wildman–Crippen LogP) is 0.968. The van der Waals surface area contributed by atoms with Gasteiger partial charge in [-0.05, 0) is 0 Å². The fourth-order valence-electron chi connectivity index (χ4n) is 0.881. The van der Waals surface area contributed by atoms with Crippen molar-refractivity contribution in [3.05, 3.63) is 18.7 Å². The minimum Gasteiger partial charge on any atom is -0.240 e. The van der Waals surface area contributed by atoms with Crippen LogP contribution < -0.4 is 4.57 Å². The topological polar surface area (TPSA) is 8.81 Å². The van der Waals surface area contributed by atoms with E-state index in [1.165, 1.54) is 0 Å².